The third kappa shape index (κ3) is 2.81. The van der Waals surface area contributed by atoms with E-state index in [0.29, 0.717) is 5.13 Å². The summed E-state index contributed by atoms with van der Waals surface area (Å²) in [7, 11) is 0. The highest BCUT2D eigenvalue weighted by Crippen LogP contribution is 2.27. The van der Waals surface area contributed by atoms with Gasteiger partial charge >= 0.3 is 0 Å². The lowest BCUT2D eigenvalue weighted by molar-refractivity contribution is 1.14. The summed E-state index contributed by atoms with van der Waals surface area (Å²) >= 11 is 1.45. The Labute approximate surface area is 128 Å². The Bertz CT molecular complexity index is 760. The number of benzene rings is 1. The molecule has 0 unspecified atom stereocenters. The van der Waals surface area contributed by atoms with E-state index >= 15 is 0 Å². The number of nitrogens with two attached hydrogens (primary N) is 1. The zero-order valence-corrected chi connectivity index (χ0v) is 12.9. The molecular formula is C17H17N3S. The Morgan fingerprint density at radius 2 is 1.76 bits per heavy atom. The molecule has 0 atom stereocenters. The predicted octanol–water partition coefficient (Wildman–Crippen LogP) is 4.33. The summed E-state index contributed by atoms with van der Waals surface area (Å²) in [6.45, 7) is 4.17. The second-order valence-electron chi connectivity index (χ2n) is 4.95. The van der Waals surface area contributed by atoms with Gasteiger partial charge in [0, 0.05) is 22.2 Å². The lowest BCUT2D eigenvalue weighted by Gasteiger charge is -2.07. The maximum atomic E-state index is 5.70. The van der Waals surface area contributed by atoms with Crippen LogP contribution < -0.4 is 5.73 Å². The standard InChI is InChI=1S/C17H17N3S/c1-3-12-4-6-13(7-5-12)15-9-8-14(11(2)19-15)16-10-21-17(18)20-16/h4-10H,3H2,1-2H3,(H2,18,20). The molecule has 2 N–H and O–H groups in total. The minimum absolute atomic E-state index is 0.587. The Morgan fingerprint density at radius 3 is 2.33 bits per heavy atom. The first-order chi connectivity index (χ1) is 10.2. The van der Waals surface area contributed by atoms with Crippen molar-refractivity contribution in [3.05, 3.63) is 53.0 Å². The fourth-order valence-electron chi connectivity index (χ4n) is 2.32. The summed E-state index contributed by atoms with van der Waals surface area (Å²) in [6.07, 6.45) is 1.05. The van der Waals surface area contributed by atoms with Gasteiger partial charge in [-0.05, 0) is 31.0 Å². The highest BCUT2D eigenvalue weighted by Gasteiger charge is 2.08. The second kappa shape index (κ2) is 5.66. The fraction of sp³-hybridized carbons (Fsp3) is 0.176. The maximum absolute atomic E-state index is 5.70. The first-order valence-electron chi connectivity index (χ1n) is 6.95. The summed E-state index contributed by atoms with van der Waals surface area (Å²) in [5, 5.41) is 2.55. The van der Waals surface area contributed by atoms with Gasteiger partial charge in [0.2, 0.25) is 0 Å². The van der Waals surface area contributed by atoms with Crippen molar-refractivity contribution in [2.24, 2.45) is 0 Å². The topological polar surface area (TPSA) is 51.8 Å². The molecule has 4 heteroatoms. The van der Waals surface area contributed by atoms with E-state index in [1.165, 1.54) is 16.9 Å². The van der Waals surface area contributed by atoms with Gasteiger partial charge in [-0.2, -0.15) is 0 Å². The van der Waals surface area contributed by atoms with Gasteiger partial charge in [-0.25, -0.2) is 4.98 Å². The van der Waals surface area contributed by atoms with Crippen LogP contribution in [0.5, 0.6) is 0 Å². The number of nitrogen functional groups attached to an aromatic ring is 1. The quantitative estimate of drug-likeness (QED) is 0.782. The molecule has 3 nitrogen and oxygen atoms in total. The molecule has 0 aliphatic rings. The first kappa shape index (κ1) is 13.8. The summed E-state index contributed by atoms with van der Waals surface area (Å²) in [5.74, 6) is 0. The molecule has 0 saturated heterocycles. The zero-order chi connectivity index (χ0) is 14.8. The second-order valence-corrected chi connectivity index (χ2v) is 5.84. The van der Waals surface area contributed by atoms with E-state index in [4.69, 9.17) is 10.7 Å². The number of nitrogens with zero attached hydrogens (tertiary/aromatic N) is 2. The van der Waals surface area contributed by atoms with E-state index < -0.39 is 0 Å². The third-order valence-corrected chi connectivity index (χ3v) is 4.22. The molecule has 0 aliphatic carbocycles. The largest absolute Gasteiger partial charge is 0.375 e. The number of hydrogen-bond acceptors (Lipinski definition) is 4. The number of rotatable bonds is 3. The number of anilines is 1. The summed E-state index contributed by atoms with van der Waals surface area (Å²) in [5.41, 5.74) is 12.1. The lowest BCUT2D eigenvalue weighted by Crippen LogP contribution is -1.92. The maximum Gasteiger partial charge on any atom is 0.180 e. The van der Waals surface area contributed by atoms with Crippen LogP contribution in [0, 0.1) is 6.92 Å². The molecule has 0 saturated carbocycles. The van der Waals surface area contributed by atoms with Crippen molar-refractivity contribution in [3.8, 4) is 22.5 Å². The third-order valence-electron chi connectivity index (χ3n) is 3.54. The van der Waals surface area contributed by atoms with Crippen LogP contribution >= 0.6 is 11.3 Å². The molecule has 1 aromatic carbocycles. The molecule has 106 valence electrons. The van der Waals surface area contributed by atoms with Crippen molar-refractivity contribution < 1.29 is 0 Å². The molecule has 0 radical (unpaired) electrons. The molecule has 0 fully saturated rings. The molecule has 0 spiro atoms. The monoisotopic (exact) mass is 295 g/mol. The van der Waals surface area contributed by atoms with Crippen LogP contribution in [-0.4, -0.2) is 9.97 Å². The van der Waals surface area contributed by atoms with Gasteiger partial charge in [0.25, 0.3) is 0 Å². The van der Waals surface area contributed by atoms with E-state index in [1.54, 1.807) is 0 Å². The van der Waals surface area contributed by atoms with Gasteiger partial charge in [-0.15, -0.1) is 11.3 Å². The fourth-order valence-corrected chi connectivity index (χ4v) is 2.88. The normalized spacial score (nSPS) is 10.8. The van der Waals surface area contributed by atoms with Crippen LogP contribution in [0.1, 0.15) is 18.2 Å². The van der Waals surface area contributed by atoms with E-state index in [1.807, 2.05) is 18.4 Å². The Kier molecular flexibility index (Phi) is 3.71. The summed E-state index contributed by atoms with van der Waals surface area (Å²) < 4.78 is 0. The van der Waals surface area contributed by atoms with Crippen molar-refractivity contribution in [1.82, 2.24) is 9.97 Å². The molecule has 3 rings (SSSR count). The molecule has 2 aromatic heterocycles. The van der Waals surface area contributed by atoms with Crippen LogP contribution in [0.25, 0.3) is 22.5 Å². The molecule has 3 aromatic rings. The SMILES string of the molecule is CCc1ccc(-c2ccc(-c3csc(N)n3)c(C)n2)cc1. The number of hydrogen-bond donors (Lipinski definition) is 1. The number of aromatic nitrogens is 2. The Balaban J connectivity index is 1.96. The van der Waals surface area contributed by atoms with Gasteiger partial charge < -0.3 is 5.73 Å². The highest BCUT2D eigenvalue weighted by atomic mass is 32.1. The summed E-state index contributed by atoms with van der Waals surface area (Å²) in [6, 6.07) is 12.7. The average molecular weight is 295 g/mol. The molecule has 0 bridgehead atoms. The summed E-state index contributed by atoms with van der Waals surface area (Å²) in [4.78, 5) is 9.03. The minimum atomic E-state index is 0.587. The highest BCUT2D eigenvalue weighted by molar-refractivity contribution is 7.13. The predicted molar refractivity (Wildman–Crippen MR) is 89.3 cm³/mol. The van der Waals surface area contributed by atoms with Crippen molar-refractivity contribution in [2.45, 2.75) is 20.3 Å². The molecule has 2 heterocycles. The van der Waals surface area contributed by atoms with Gasteiger partial charge in [0.1, 0.15) is 0 Å². The van der Waals surface area contributed by atoms with Crippen molar-refractivity contribution >= 4 is 16.5 Å². The van der Waals surface area contributed by atoms with Gasteiger partial charge in [-0.1, -0.05) is 31.2 Å². The van der Waals surface area contributed by atoms with Crippen molar-refractivity contribution in [2.75, 3.05) is 5.73 Å². The zero-order valence-electron chi connectivity index (χ0n) is 12.1. The number of thiazole rings is 1. The van der Waals surface area contributed by atoms with E-state index in [-0.39, 0.29) is 0 Å². The van der Waals surface area contributed by atoms with Gasteiger partial charge in [0.05, 0.1) is 11.4 Å². The van der Waals surface area contributed by atoms with E-state index in [2.05, 4.69) is 42.2 Å². The minimum Gasteiger partial charge on any atom is -0.375 e. The van der Waals surface area contributed by atoms with Gasteiger partial charge in [0.15, 0.2) is 5.13 Å². The van der Waals surface area contributed by atoms with Crippen LogP contribution in [0.4, 0.5) is 5.13 Å². The number of aryl methyl sites for hydroxylation is 2. The molecule has 0 aliphatic heterocycles. The van der Waals surface area contributed by atoms with E-state index in [9.17, 15) is 0 Å². The molecule has 0 amide bonds. The average Bonchev–Trinajstić information content (AvgIpc) is 2.93. The number of pyridine rings is 1. The van der Waals surface area contributed by atoms with Gasteiger partial charge in [-0.3, -0.25) is 4.98 Å². The van der Waals surface area contributed by atoms with Crippen LogP contribution in [0.15, 0.2) is 41.8 Å². The first-order valence-corrected chi connectivity index (χ1v) is 7.83. The Hall–Kier alpha value is -2.20. The van der Waals surface area contributed by atoms with Crippen molar-refractivity contribution in [3.63, 3.8) is 0 Å². The van der Waals surface area contributed by atoms with Crippen LogP contribution in [0.3, 0.4) is 0 Å². The molecular weight excluding hydrogens is 278 g/mol. The smallest absolute Gasteiger partial charge is 0.180 e. The van der Waals surface area contributed by atoms with Crippen molar-refractivity contribution in [1.29, 1.82) is 0 Å². The van der Waals surface area contributed by atoms with Crippen LogP contribution in [0.2, 0.25) is 0 Å². The Morgan fingerprint density at radius 1 is 1.00 bits per heavy atom. The van der Waals surface area contributed by atoms with Crippen LogP contribution in [-0.2, 0) is 6.42 Å². The molecule has 21 heavy (non-hydrogen) atoms. The lowest BCUT2D eigenvalue weighted by atomic mass is 10.0. The van der Waals surface area contributed by atoms with E-state index in [0.717, 1.165) is 34.6 Å².